The van der Waals surface area contributed by atoms with Crippen molar-refractivity contribution in [3.8, 4) is 0 Å². The second-order valence-electron chi connectivity index (χ2n) is 3.02. The molecule has 0 saturated heterocycles. The molecule has 0 N–H and O–H groups in total. The van der Waals surface area contributed by atoms with Crippen LogP contribution in [-0.2, 0) is 22.7 Å². The van der Waals surface area contributed by atoms with Crippen LogP contribution in [0.25, 0.3) is 0 Å². The molecule has 0 aromatic heterocycles. The Morgan fingerprint density at radius 1 is 1.07 bits per heavy atom. The molecule has 0 saturated carbocycles. The molecule has 15 heavy (non-hydrogen) atoms. The maximum atomic E-state index is 13.0. The van der Waals surface area contributed by atoms with Crippen LogP contribution < -0.4 is 3.51 Å². The van der Waals surface area contributed by atoms with Crippen LogP contribution >= 0.6 is 0 Å². The summed E-state index contributed by atoms with van der Waals surface area (Å²) in [7, 11) is 3.01. The Kier molecular flexibility index (Phi) is 5.51. The molecule has 0 fully saturated rings. The van der Waals surface area contributed by atoms with Crippen molar-refractivity contribution < 1.29 is 15.1 Å². The van der Waals surface area contributed by atoms with E-state index in [1.54, 1.807) is 18.2 Å². The van der Waals surface area contributed by atoms with Gasteiger partial charge in [0.05, 0.1) is 0 Å². The van der Waals surface area contributed by atoms with Crippen LogP contribution in [0.3, 0.4) is 0 Å². The summed E-state index contributed by atoms with van der Waals surface area (Å²) in [5, 5.41) is 0. The molecule has 84 valence electrons. The van der Waals surface area contributed by atoms with E-state index in [-0.39, 0.29) is 16.7 Å². The summed E-state index contributed by atoms with van der Waals surface area (Å²) < 4.78 is 36.0. The summed E-state index contributed by atoms with van der Waals surface area (Å²) in [4.78, 5) is 0. The maximum absolute atomic E-state index is 13.0. The van der Waals surface area contributed by atoms with Gasteiger partial charge in [-0.2, -0.15) is 0 Å². The van der Waals surface area contributed by atoms with E-state index in [2.05, 4.69) is 0 Å². The molecular weight excluding hydrogens is 312 g/mol. The molecule has 2 nitrogen and oxygen atoms in total. The SMILES string of the molecule is COCc1cccc(COC)[c]1[Sb]([F])[F]. The van der Waals surface area contributed by atoms with Gasteiger partial charge in [0.1, 0.15) is 0 Å². The molecule has 1 aromatic carbocycles. The number of benzene rings is 1. The van der Waals surface area contributed by atoms with Gasteiger partial charge >= 0.3 is 96.7 Å². The Labute approximate surface area is 96.8 Å². The first kappa shape index (κ1) is 12.9. The molecule has 0 aliphatic heterocycles. The average molecular weight is 325 g/mol. The fraction of sp³-hybridized carbons (Fsp3) is 0.400. The number of ether oxygens (including phenoxy) is 2. The van der Waals surface area contributed by atoms with Gasteiger partial charge in [-0.25, -0.2) is 0 Å². The Morgan fingerprint density at radius 3 is 1.87 bits per heavy atom. The van der Waals surface area contributed by atoms with Crippen LogP contribution in [0.5, 0.6) is 0 Å². The van der Waals surface area contributed by atoms with Gasteiger partial charge in [0, 0.05) is 0 Å². The second-order valence-corrected chi connectivity index (χ2v) is 5.63. The van der Waals surface area contributed by atoms with Crippen molar-refractivity contribution >= 4 is 24.9 Å². The third kappa shape index (κ3) is 3.40. The van der Waals surface area contributed by atoms with E-state index in [1.165, 1.54) is 14.2 Å². The van der Waals surface area contributed by atoms with Crippen LogP contribution in [0.2, 0.25) is 0 Å². The molecule has 0 radical (unpaired) electrons. The second kappa shape index (κ2) is 6.41. The third-order valence-corrected chi connectivity index (χ3v) is 4.58. The topological polar surface area (TPSA) is 18.5 Å². The first-order chi connectivity index (χ1) is 7.20. The van der Waals surface area contributed by atoms with Crippen LogP contribution in [0.4, 0.5) is 5.63 Å². The van der Waals surface area contributed by atoms with Crippen molar-refractivity contribution in [2.45, 2.75) is 13.2 Å². The van der Waals surface area contributed by atoms with Crippen LogP contribution in [-0.4, -0.2) is 35.6 Å². The van der Waals surface area contributed by atoms with E-state index in [9.17, 15) is 5.63 Å². The fourth-order valence-corrected chi connectivity index (χ4v) is 3.44. The number of halogens is 2. The number of rotatable bonds is 5. The molecule has 0 heterocycles. The molecule has 0 unspecified atom stereocenters. The molecule has 0 aliphatic rings. The summed E-state index contributed by atoms with van der Waals surface area (Å²) >= 11 is -4.26. The zero-order chi connectivity index (χ0) is 11.3. The van der Waals surface area contributed by atoms with Crippen molar-refractivity contribution in [1.29, 1.82) is 0 Å². The Morgan fingerprint density at radius 2 is 1.53 bits per heavy atom. The summed E-state index contributed by atoms with van der Waals surface area (Å²) in [6.07, 6.45) is 0. The predicted molar refractivity (Wildman–Crippen MR) is 55.5 cm³/mol. The minimum absolute atomic E-state index is 0.212. The van der Waals surface area contributed by atoms with E-state index < -0.39 is 21.4 Å². The number of hydrogen-bond donors (Lipinski definition) is 0. The van der Waals surface area contributed by atoms with Gasteiger partial charge in [-0.3, -0.25) is 0 Å². The van der Waals surface area contributed by atoms with E-state index in [4.69, 9.17) is 9.47 Å². The first-order valence-corrected chi connectivity index (χ1v) is 7.61. The summed E-state index contributed by atoms with van der Waals surface area (Å²) in [6, 6.07) is 5.14. The molecule has 0 bridgehead atoms. The number of hydrogen-bond acceptors (Lipinski definition) is 2. The monoisotopic (exact) mass is 324 g/mol. The van der Waals surface area contributed by atoms with Crippen LogP contribution in [0, 0.1) is 0 Å². The van der Waals surface area contributed by atoms with Gasteiger partial charge in [0.2, 0.25) is 0 Å². The van der Waals surface area contributed by atoms with Gasteiger partial charge in [0.25, 0.3) is 0 Å². The minimum atomic E-state index is -4.26. The van der Waals surface area contributed by atoms with Crippen LogP contribution in [0.15, 0.2) is 18.2 Å². The van der Waals surface area contributed by atoms with E-state index in [0.717, 1.165) is 0 Å². The molecule has 0 spiro atoms. The van der Waals surface area contributed by atoms with Gasteiger partial charge in [-0.05, 0) is 0 Å². The van der Waals surface area contributed by atoms with E-state index >= 15 is 0 Å². The van der Waals surface area contributed by atoms with E-state index in [0.29, 0.717) is 11.1 Å². The Bertz CT molecular complexity index is 294. The van der Waals surface area contributed by atoms with Crippen molar-refractivity contribution in [1.82, 2.24) is 0 Å². The quantitative estimate of drug-likeness (QED) is 0.766. The fourth-order valence-electron chi connectivity index (χ4n) is 1.41. The summed E-state index contributed by atoms with van der Waals surface area (Å²) in [5.41, 5.74) is 1.19. The van der Waals surface area contributed by atoms with Crippen molar-refractivity contribution in [3.05, 3.63) is 29.3 Å². The molecule has 1 aromatic rings. The van der Waals surface area contributed by atoms with Gasteiger partial charge in [0.15, 0.2) is 0 Å². The molecule has 0 amide bonds. The van der Waals surface area contributed by atoms with Gasteiger partial charge in [-0.15, -0.1) is 0 Å². The predicted octanol–water partition coefficient (Wildman–Crippen LogP) is 1.61. The van der Waals surface area contributed by atoms with Gasteiger partial charge in [-0.1, -0.05) is 0 Å². The molecule has 1 rings (SSSR count). The first-order valence-electron chi connectivity index (χ1n) is 4.41. The Hall–Kier alpha value is -0.182. The summed E-state index contributed by atoms with van der Waals surface area (Å²) in [5.74, 6) is 0. The Balaban J connectivity index is 3.09. The zero-order valence-electron chi connectivity index (χ0n) is 8.67. The van der Waals surface area contributed by atoms with Gasteiger partial charge < -0.3 is 0 Å². The standard InChI is InChI=1S/C10H13O2.2FH.Sb/c1-11-7-9-4-3-5-10(6-9)8-12-2;;;/h3-5H,7-8H2,1-2H3;2*1H;/q;;;+2/p-2. The normalized spacial score (nSPS) is 11.0. The zero-order valence-corrected chi connectivity index (χ0v) is 11.2. The van der Waals surface area contributed by atoms with Crippen molar-refractivity contribution in [3.63, 3.8) is 0 Å². The molecule has 0 atom stereocenters. The number of methoxy groups -OCH3 is 2. The summed E-state index contributed by atoms with van der Waals surface area (Å²) in [6.45, 7) is 0.475. The van der Waals surface area contributed by atoms with E-state index in [1.807, 2.05) is 0 Å². The molecule has 5 heteroatoms. The third-order valence-electron chi connectivity index (χ3n) is 1.97. The molecular formula is C10H13F2O2Sb. The average Bonchev–Trinajstić information content (AvgIpc) is 2.18. The van der Waals surface area contributed by atoms with Crippen molar-refractivity contribution in [2.75, 3.05) is 14.2 Å². The van der Waals surface area contributed by atoms with Crippen molar-refractivity contribution in [2.24, 2.45) is 0 Å². The van der Waals surface area contributed by atoms with Crippen LogP contribution in [0.1, 0.15) is 11.1 Å². The molecule has 0 aliphatic carbocycles.